The largest absolute Gasteiger partial charge is 0.493 e. The van der Waals surface area contributed by atoms with E-state index in [1.807, 2.05) is 30.3 Å². The van der Waals surface area contributed by atoms with Crippen LogP contribution in [0.15, 0.2) is 82.9 Å². The minimum absolute atomic E-state index is 0.110. The quantitative estimate of drug-likeness (QED) is 0.0338. The first-order valence-electron chi connectivity index (χ1n) is 25.5. The molecule has 0 spiro atoms. The van der Waals surface area contributed by atoms with Crippen LogP contribution in [0.3, 0.4) is 0 Å². The van der Waals surface area contributed by atoms with E-state index < -0.39 is 30.1 Å². The van der Waals surface area contributed by atoms with Gasteiger partial charge in [-0.1, -0.05) is 113 Å². The Morgan fingerprint density at radius 3 is 2.38 bits per heavy atom. The number of unbranched alkanes of at least 4 members (excludes halogenated alkanes) is 11. The number of benzene rings is 2. The third-order valence-corrected chi connectivity index (χ3v) is 14.9. The van der Waals surface area contributed by atoms with Crippen LogP contribution in [0.2, 0.25) is 0 Å². The van der Waals surface area contributed by atoms with Gasteiger partial charge in [-0.05, 0) is 92.7 Å². The molecule has 11 nitrogen and oxygen atoms in total. The predicted octanol–water partition coefficient (Wildman–Crippen LogP) is 12.0. The van der Waals surface area contributed by atoms with Crippen LogP contribution in [-0.2, 0) is 19.0 Å². The van der Waals surface area contributed by atoms with Crippen LogP contribution < -0.4 is 9.47 Å². The Balaban J connectivity index is 1.34. The Bertz CT molecular complexity index is 1800. The first-order chi connectivity index (χ1) is 32.4. The van der Waals surface area contributed by atoms with Gasteiger partial charge >= 0.3 is 6.09 Å². The van der Waals surface area contributed by atoms with Crippen molar-refractivity contribution in [2.45, 2.75) is 164 Å². The van der Waals surface area contributed by atoms with Crippen molar-refractivity contribution in [3.05, 3.63) is 78.4 Å². The lowest BCUT2D eigenvalue weighted by Gasteiger charge is -2.59. The van der Waals surface area contributed by atoms with E-state index in [0.717, 1.165) is 92.6 Å². The molecule has 0 bridgehead atoms. The van der Waals surface area contributed by atoms with Gasteiger partial charge in [0.05, 0.1) is 38.1 Å². The second-order valence-electron chi connectivity index (χ2n) is 18.6. The summed E-state index contributed by atoms with van der Waals surface area (Å²) in [5.74, 6) is 0.581. The van der Waals surface area contributed by atoms with Crippen LogP contribution in [0.5, 0.6) is 11.5 Å². The first kappa shape index (κ1) is 51.8. The van der Waals surface area contributed by atoms with Crippen LogP contribution in [0, 0.1) is 17.8 Å². The number of carbonyl (C=O) groups is 1. The zero-order valence-electron chi connectivity index (χ0n) is 40.1. The van der Waals surface area contributed by atoms with Crippen molar-refractivity contribution in [2.75, 3.05) is 52.4 Å². The number of carbonyl (C=O) groups excluding carboxylic acids is 1. The van der Waals surface area contributed by atoms with Crippen LogP contribution in [-0.4, -0.2) is 97.5 Å². The number of aliphatic hydroxyl groups excluding tert-OH is 2. The number of hydrogen-bond donors (Lipinski definition) is 2. The topological polar surface area (TPSA) is 129 Å². The van der Waals surface area contributed by atoms with E-state index in [0.29, 0.717) is 44.8 Å². The Hall–Kier alpha value is -3.55. The Morgan fingerprint density at radius 1 is 0.924 bits per heavy atom. The molecule has 12 heteroatoms. The van der Waals surface area contributed by atoms with Gasteiger partial charge < -0.3 is 43.6 Å². The van der Waals surface area contributed by atoms with Gasteiger partial charge in [-0.15, -0.1) is 18.3 Å². The molecule has 1 amide bonds. The second-order valence-corrected chi connectivity index (χ2v) is 19.8. The Kier molecular flexibility index (Phi) is 22.0. The minimum atomic E-state index is -1.34. The number of ether oxygens (including phenoxy) is 5. The van der Waals surface area contributed by atoms with E-state index in [9.17, 15) is 15.0 Å². The average Bonchev–Trinajstić information content (AvgIpc) is 3.34. The zero-order valence-corrected chi connectivity index (χ0v) is 40.9. The summed E-state index contributed by atoms with van der Waals surface area (Å²) in [7, 11) is 1.79. The van der Waals surface area contributed by atoms with Gasteiger partial charge in [0.15, 0.2) is 0 Å². The Morgan fingerprint density at radius 2 is 1.67 bits per heavy atom. The summed E-state index contributed by atoms with van der Waals surface area (Å²) in [5.41, 5.74) is 2.77. The maximum atomic E-state index is 14.3. The number of aliphatic hydroxyl groups is 2. The van der Waals surface area contributed by atoms with Gasteiger partial charge in [-0.3, -0.25) is 0 Å². The number of amides is 1. The highest BCUT2D eigenvalue weighted by Crippen LogP contribution is 2.62. The van der Waals surface area contributed by atoms with Crippen molar-refractivity contribution < 1.29 is 43.5 Å². The van der Waals surface area contributed by atoms with E-state index in [1.54, 1.807) is 29.8 Å². The van der Waals surface area contributed by atoms with Gasteiger partial charge in [0.1, 0.15) is 17.5 Å². The zero-order chi connectivity index (χ0) is 46.4. The number of fused-ring (bicyclic) bond motifs is 2. The molecule has 1 saturated carbocycles. The van der Waals surface area contributed by atoms with Gasteiger partial charge in [0.2, 0.25) is 12.1 Å². The van der Waals surface area contributed by atoms with Crippen molar-refractivity contribution in [3.63, 3.8) is 0 Å². The van der Waals surface area contributed by atoms with E-state index in [1.165, 1.54) is 49.8 Å². The summed E-state index contributed by atoms with van der Waals surface area (Å²) >= 11 is 1.76. The summed E-state index contributed by atoms with van der Waals surface area (Å²) in [4.78, 5) is 23.4. The summed E-state index contributed by atoms with van der Waals surface area (Å²) in [6.07, 6.45) is 23.1. The number of rotatable bonds is 30. The third kappa shape index (κ3) is 14.2. The SMILES string of the molecule is C=CCOC12Oc3ccc(OCCSc4ccccc4)cc3C3C(CCCCO)C(CCCCO)C=C(C(=NOC4CCCCO4)CC1N(C)C(=O)OCCCCCCCCCCCC)C32. The fourth-order valence-corrected chi connectivity index (χ4v) is 11.3. The molecule has 1 saturated heterocycles. The molecule has 2 aliphatic heterocycles. The van der Waals surface area contributed by atoms with Gasteiger partial charge in [-0.2, -0.15) is 0 Å². The summed E-state index contributed by atoms with van der Waals surface area (Å²) < 4.78 is 32.9. The molecule has 2 fully saturated rings. The highest BCUT2D eigenvalue weighted by molar-refractivity contribution is 7.99. The fraction of sp³-hybridized carbons (Fsp3) is 0.667. The molecular formula is C54H80N2O9S. The van der Waals surface area contributed by atoms with E-state index >= 15 is 0 Å². The maximum absolute atomic E-state index is 14.3. The molecule has 2 N–H and O–H groups in total. The Labute approximate surface area is 400 Å². The molecule has 2 heterocycles. The number of nitrogens with zero attached hydrogens (tertiary/aromatic N) is 2. The predicted molar refractivity (Wildman–Crippen MR) is 263 cm³/mol. The van der Waals surface area contributed by atoms with Crippen molar-refractivity contribution in [2.24, 2.45) is 22.9 Å². The molecule has 0 radical (unpaired) electrons. The lowest BCUT2D eigenvalue weighted by Crippen LogP contribution is -2.69. The molecule has 7 atom stereocenters. The molecule has 2 aromatic carbocycles. The summed E-state index contributed by atoms with van der Waals surface area (Å²) in [5, 5.41) is 24.9. The summed E-state index contributed by atoms with van der Waals surface area (Å²) in [6, 6.07) is 15.8. The highest BCUT2D eigenvalue weighted by Gasteiger charge is 2.65. The molecule has 2 aliphatic carbocycles. The lowest BCUT2D eigenvalue weighted by atomic mass is 9.55. The highest BCUT2D eigenvalue weighted by atomic mass is 32.2. The first-order valence-corrected chi connectivity index (χ1v) is 26.5. The van der Waals surface area contributed by atoms with Crippen molar-refractivity contribution in [1.82, 2.24) is 4.90 Å². The maximum Gasteiger partial charge on any atom is 0.409 e. The van der Waals surface area contributed by atoms with Gasteiger partial charge in [0.25, 0.3) is 0 Å². The van der Waals surface area contributed by atoms with Crippen LogP contribution >= 0.6 is 11.8 Å². The smallest absolute Gasteiger partial charge is 0.409 e. The lowest BCUT2D eigenvalue weighted by molar-refractivity contribution is -0.254. The van der Waals surface area contributed by atoms with Crippen molar-refractivity contribution in [3.8, 4) is 11.5 Å². The van der Waals surface area contributed by atoms with Crippen LogP contribution in [0.1, 0.15) is 147 Å². The van der Waals surface area contributed by atoms with Crippen molar-refractivity contribution in [1.29, 1.82) is 0 Å². The molecule has 66 heavy (non-hydrogen) atoms. The minimum Gasteiger partial charge on any atom is -0.493 e. The van der Waals surface area contributed by atoms with E-state index in [-0.39, 0.29) is 37.6 Å². The van der Waals surface area contributed by atoms with Gasteiger partial charge in [0, 0.05) is 55.2 Å². The fourth-order valence-electron chi connectivity index (χ4n) is 10.5. The third-order valence-electron chi connectivity index (χ3n) is 13.9. The molecular weight excluding hydrogens is 853 g/mol. The number of likely N-dealkylation sites (N-methyl/N-ethyl adjacent to an activating group) is 1. The molecule has 2 aromatic rings. The van der Waals surface area contributed by atoms with Gasteiger partial charge in [-0.25, -0.2) is 4.79 Å². The second kappa shape index (κ2) is 28.1. The number of hydrogen-bond acceptors (Lipinski definition) is 11. The number of allylic oxidation sites excluding steroid dienone is 1. The normalized spacial score (nSPS) is 25.0. The van der Waals surface area contributed by atoms with Crippen LogP contribution in [0.4, 0.5) is 4.79 Å². The monoisotopic (exact) mass is 933 g/mol. The molecule has 6 rings (SSSR count). The standard InChI is InChI=1S/C54H80N2O9S/c1-4-6-7-8-9-10-11-12-13-22-35-62-53(59)56(3)49-40-47(55-65-50-28-19-23-34-61-50)45-38-41(24-17-20-31-57)44(27-18-21-32-58)51-46-39-42(60-36-37-66-43-25-15-14-16-26-43)29-30-48(46)64-54(49,52(45)51)63-33-5-2/h5,14-16,25-26,29-30,38-39,41,44,49-52,57-58H,2,4,6-13,17-24,27-28,31-37,40H2,1,3H3. The molecule has 4 aliphatic rings. The average molecular weight is 933 g/mol. The van der Waals surface area contributed by atoms with E-state index in [4.69, 9.17) is 33.7 Å². The summed E-state index contributed by atoms with van der Waals surface area (Å²) in [6.45, 7) is 8.24. The molecule has 7 unspecified atom stereocenters. The molecule has 366 valence electrons. The van der Waals surface area contributed by atoms with Crippen molar-refractivity contribution >= 4 is 23.6 Å². The van der Waals surface area contributed by atoms with Crippen LogP contribution in [0.25, 0.3) is 0 Å². The number of thioether (sulfide) groups is 1. The molecule has 0 aromatic heterocycles. The van der Waals surface area contributed by atoms with E-state index in [2.05, 4.69) is 37.8 Å². The number of oxime groups is 1.